The predicted molar refractivity (Wildman–Crippen MR) is 106 cm³/mol. The largest absolute Gasteiger partial charge is 0.372 e. The van der Waals surface area contributed by atoms with E-state index in [9.17, 15) is 0 Å². The van der Waals surface area contributed by atoms with Crippen LogP contribution in [0.3, 0.4) is 0 Å². The Morgan fingerprint density at radius 1 is 1.16 bits per heavy atom. The minimum Gasteiger partial charge on any atom is -0.372 e. The first kappa shape index (κ1) is 21.4. The third-order valence-electron chi connectivity index (χ3n) is 4.58. The van der Waals surface area contributed by atoms with Crippen LogP contribution >= 0.6 is 0 Å². The number of aromatic amines is 1. The molecule has 2 unspecified atom stereocenters. The summed E-state index contributed by atoms with van der Waals surface area (Å²) in [6.45, 7) is 13.1. The van der Waals surface area contributed by atoms with Gasteiger partial charge in [0.05, 0.1) is 12.7 Å². The maximum Gasteiger partial charge on any atom is 0.116 e. The predicted octanol–water partition coefficient (Wildman–Crippen LogP) is 5.85. The molecule has 1 rings (SSSR count). The van der Waals surface area contributed by atoms with Gasteiger partial charge in [-0.15, -0.1) is 0 Å². The number of allylic oxidation sites excluding steroid dienone is 5. The quantitative estimate of drug-likeness (QED) is 0.456. The summed E-state index contributed by atoms with van der Waals surface area (Å²) in [5.41, 5.74) is 3.00. The lowest BCUT2D eigenvalue weighted by atomic mass is 9.99. The molecule has 0 aliphatic carbocycles. The van der Waals surface area contributed by atoms with Gasteiger partial charge in [0.2, 0.25) is 0 Å². The van der Waals surface area contributed by atoms with Crippen LogP contribution in [0.2, 0.25) is 0 Å². The fourth-order valence-electron chi connectivity index (χ4n) is 2.69. The van der Waals surface area contributed by atoms with Gasteiger partial charge in [-0.3, -0.25) is 0 Å². The minimum atomic E-state index is 0.290. The van der Waals surface area contributed by atoms with Crippen molar-refractivity contribution in [1.82, 2.24) is 15.4 Å². The van der Waals surface area contributed by atoms with Crippen LogP contribution in [0.4, 0.5) is 0 Å². The number of aromatic nitrogens is 3. The molecule has 1 heterocycles. The van der Waals surface area contributed by atoms with Crippen molar-refractivity contribution >= 4 is 5.57 Å². The molecule has 0 fully saturated rings. The summed E-state index contributed by atoms with van der Waals surface area (Å²) in [7, 11) is 0. The second-order valence-electron chi connectivity index (χ2n) is 6.61. The number of H-pyrrole nitrogens is 1. The van der Waals surface area contributed by atoms with Gasteiger partial charge in [-0.05, 0) is 37.2 Å². The number of rotatable bonds is 13. The first-order valence-corrected chi connectivity index (χ1v) is 9.65. The van der Waals surface area contributed by atoms with Crippen molar-refractivity contribution in [1.29, 1.82) is 0 Å². The van der Waals surface area contributed by atoms with Crippen molar-refractivity contribution in [2.45, 2.75) is 78.9 Å². The molecular formula is C21H35N3O. The monoisotopic (exact) mass is 345 g/mol. The summed E-state index contributed by atoms with van der Waals surface area (Å²) in [5, 5.41) is 11.4. The zero-order valence-corrected chi connectivity index (χ0v) is 16.4. The lowest BCUT2D eigenvalue weighted by molar-refractivity contribution is 0.0269. The van der Waals surface area contributed by atoms with E-state index in [4.69, 9.17) is 4.74 Å². The van der Waals surface area contributed by atoms with E-state index in [1.54, 1.807) is 6.08 Å². The summed E-state index contributed by atoms with van der Waals surface area (Å²) in [4.78, 5) is 0. The Balaban J connectivity index is 2.73. The molecule has 1 N–H and O–H groups in total. The van der Waals surface area contributed by atoms with Gasteiger partial charge in [0, 0.05) is 0 Å². The SMILES string of the molecule is C=C/C=C\C=C(/CCC)c1n[nH]nc1COC(CC)CCC(C)CC. The fraction of sp³-hybridized carbons (Fsp3) is 0.619. The molecule has 0 bridgehead atoms. The van der Waals surface area contributed by atoms with Gasteiger partial charge < -0.3 is 4.74 Å². The van der Waals surface area contributed by atoms with Crippen molar-refractivity contribution in [3.8, 4) is 0 Å². The van der Waals surface area contributed by atoms with Crippen molar-refractivity contribution < 1.29 is 4.74 Å². The number of hydrogen-bond acceptors (Lipinski definition) is 3. The average molecular weight is 346 g/mol. The third-order valence-corrected chi connectivity index (χ3v) is 4.58. The molecule has 0 aliphatic heterocycles. The first-order chi connectivity index (χ1) is 12.2. The van der Waals surface area contributed by atoms with E-state index in [0.29, 0.717) is 6.61 Å². The van der Waals surface area contributed by atoms with Gasteiger partial charge >= 0.3 is 0 Å². The highest BCUT2D eigenvalue weighted by atomic mass is 16.5. The molecule has 4 nitrogen and oxygen atoms in total. The normalized spacial score (nSPS) is 14.8. The molecule has 0 amide bonds. The van der Waals surface area contributed by atoms with Crippen LogP contribution in [0.5, 0.6) is 0 Å². The van der Waals surface area contributed by atoms with Gasteiger partial charge in [0.15, 0.2) is 0 Å². The van der Waals surface area contributed by atoms with E-state index in [0.717, 1.165) is 43.0 Å². The Hall–Kier alpha value is -1.68. The van der Waals surface area contributed by atoms with Gasteiger partial charge in [-0.1, -0.05) is 71.4 Å². The average Bonchev–Trinajstić information content (AvgIpc) is 3.09. The third kappa shape index (κ3) is 7.82. The highest BCUT2D eigenvalue weighted by Gasteiger charge is 2.15. The van der Waals surface area contributed by atoms with Gasteiger partial charge in [-0.25, -0.2) is 0 Å². The van der Waals surface area contributed by atoms with E-state index in [1.807, 2.05) is 12.2 Å². The smallest absolute Gasteiger partial charge is 0.116 e. The molecular weight excluding hydrogens is 310 g/mol. The summed E-state index contributed by atoms with van der Waals surface area (Å²) >= 11 is 0. The van der Waals surface area contributed by atoms with Crippen molar-refractivity contribution in [2.24, 2.45) is 5.92 Å². The molecule has 1 aromatic heterocycles. The van der Waals surface area contributed by atoms with Crippen LogP contribution in [0.1, 0.15) is 77.6 Å². The Kier molecular flexibility index (Phi) is 10.8. The second kappa shape index (κ2) is 12.6. The van der Waals surface area contributed by atoms with Gasteiger partial charge in [0.25, 0.3) is 0 Å². The highest BCUT2D eigenvalue weighted by Crippen LogP contribution is 2.22. The Morgan fingerprint density at radius 2 is 1.96 bits per heavy atom. The first-order valence-electron chi connectivity index (χ1n) is 9.65. The number of nitrogens with one attached hydrogen (secondary N) is 1. The molecule has 0 aliphatic rings. The molecule has 25 heavy (non-hydrogen) atoms. The van der Waals surface area contributed by atoms with Crippen LogP contribution < -0.4 is 0 Å². The molecule has 0 aromatic carbocycles. The maximum atomic E-state index is 6.14. The van der Waals surface area contributed by atoms with E-state index in [2.05, 4.69) is 55.8 Å². The molecule has 140 valence electrons. The van der Waals surface area contributed by atoms with Crippen LogP contribution in [-0.4, -0.2) is 21.5 Å². The Labute approximate surface area is 153 Å². The van der Waals surface area contributed by atoms with Gasteiger partial charge in [0.1, 0.15) is 11.4 Å². The molecule has 4 heteroatoms. The topological polar surface area (TPSA) is 50.8 Å². The highest BCUT2D eigenvalue weighted by molar-refractivity contribution is 5.65. The number of hydrogen-bond donors (Lipinski definition) is 1. The summed E-state index contributed by atoms with van der Waals surface area (Å²) in [6, 6.07) is 0. The maximum absolute atomic E-state index is 6.14. The number of nitrogens with zero attached hydrogens (tertiary/aromatic N) is 2. The summed E-state index contributed by atoms with van der Waals surface area (Å²) in [5.74, 6) is 0.760. The van der Waals surface area contributed by atoms with Gasteiger partial charge in [-0.2, -0.15) is 15.4 Å². The van der Waals surface area contributed by atoms with E-state index >= 15 is 0 Å². The number of ether oxygens (including phenoxy) is 1. The summed E-state index contributed by atoms with van der Waals surface area (Å²) in [6.07, 6.45) is 14.7. The lowest BCUT2D eigenvalue weighted by Crippen LogP contribution is -2.14. The lowest BCUT2D eigenvalue weighted by Gasteiger charge is -2.18. The van der Waals surface area contributed by atoms with Crippen molar-refractivity contribution in [3.63, 3.8) is 0 Å². The minimum absolute atomic E-state index is 0.290. The second-order valence-corrected chi connectivity index (χ2v) is 6.61. The van der Waals surface area contributed by atoms with Crippen LogP contribution in [-0.2, 0) is 11.3 Å². The van der Waals surface area contributed by atoms with Crippen LogP contribution in [0.15, 0.2) is 30.9 Å². The summed E-state index contributed by atoms with van der Waals surface area (Å²) < 4.78 is 6.14. The van der Waals surface area contributed by atoms with Crippen molar-refractivity contribution in [3.05, 3.63) is 42.3 Å². The molecule has 0 spiro atoms. The molecule has 1 aromatic rings. The Morgan fingerprint density at radius 3 is 2.60 bits per heavy atom. The van der Waals surface area contributed by atoms with E-state index in [1.165, 1.54) is 18.4 Å². The molecule has 2 atom stereocenters. The standard InChI is InChI=1S/C21H35N3O/c1-6-10-11-13-18(12-7-2)21-20(22-24-23-21)16-25-19(9-4)15-14-17(5)8-3/h6,10-11,13,17,19H,1,7-9,12,14-16H2,2-5H3,(H,22,23,24)/b11-10-,18-13+. The fourth-order valence-corrected chi connectivity index (χ4v) is 2.69. The van der Waals surface area contributed by atoms with Crippen LogP contribution in [0, 0.1) is 5.92 Å². The van der Waals surface area contributed by atoms with E-state index in [-0.39, 0.29) is 6.10 Å². The van der Waals surface area contributed by atoms with Crippen LogP contribution in [0.25, 0.3) is 5.57 Å². The zero-order chi connectivity index (χ0) is 18.5. The zero-order valence-electron chi connectivity index (χ0n) is 16.4. The molecule has 0 saturated heterocycles. The molecule has 0 radical (unpaired) electrons. The molecule has 0 saturated carbocycles. The van der Waals surface area contributed by atoms with Crippen molar-refractivity contribution in [2.75, 3.05) is 0 Å². The Bertz CT molecular complexity index is 545. The van der Waals surface area contributed by atoms with E-state index < -0.39 is 0 Å².